The first kappa shape index (κ1) is 13.4. The molecular formula is C18H17N3O. The van der Waals surface area contributed by atoms with Gasteiger partial charge in [0.1, 0.15) is 6.07 Å². The van der Waals surface area contributed by atoms with Crippen molar-refractivity contribution < 1.29 is 4.74 Å². The molecule has 22 heavy (non-hydrogen) atoms. The second-order valence-electron chi connectivity index (χ2n) is 5.99. The topological polar surface area (TPSA) is 50.8 Å². The first-order chi connectivity index (χ1) is 10.9. The molecular weight excluding hydrogens is 274 g/mol. The summed E-state index contributed by atoms with van der Waals surface area (Å²) < 4.78 is 7.72. The van der Waals surface area contributed by atoms with Crippen molar-refractivity contribution in [2.24, 2.45) is 5.92 Å². The smallest absolute Gasteiger partial charge is 0.150 e. The van der Waals surface area contributed by atoms with E-state index in [0.717, 1.165) is 42.3 Å². The van der Waals surface area contributed by atoms with Crippen molar-refractivity contribution >= 4 is 10.9 Å². The molecule has 1 aliphatic carbocycles. The zero-order valence-electron chi connectivity index (χ0n) is 12.4. The Hall–Kier alpha value is -2.30. The monoisotopic (exact) mass is 291 g/mol. The lowest BCUT2D eigenvalue weighted by atomic mass is 10.0. The van der Waals surface area contributed by atoms with Crippen LogP contribution < -0.4 is 0 Å². The normalized spacial score (nSPS) is 21.1. The van der Waals surface area contributed by atoms with Gasteiger partial charge in [-0.3, -0.25) is 0 Å². The Balaban J connectivity index is 1.77. The van der Waals surface area contributed by atoms with E-state index in [2.05, 4.69) is 23.0 Å². The van der Waals surface area contributed by atoms with Gasteiger partial charge < -0.3 is 4.74 Å². The van der Waals surface area contributed by atoms with Gasteiger partial charge >= 0.3 is 0 Å². The average Bonchev–Trinajstić information content (AvgIpc) is 3.30. The molecule has 4 rings (SSSR count). The van der Waals surface area contributed by atoms with Crippen LogP contribution in [0.15, 0.2) is 18.3 Å². The maximum atomic E-state index is 9.53. The van der Waals surface area contributed by atoms with Crippen LogP contribution in [0.1, 0.15) is 49.5 Å². The van der Waals surface area contributed by atoms with Crippen molar-refractivity contribution in [2.45, 2.75) is 38.3 Å². The highest BCUT2D eigenvalue weighted by molar-refractivity contribution is 5.87. The number of aromatic nitrogens is 2. The highest BCUT2D eigenvalue weighted by Crippen LogP contribution is 2.30. The van der Waals surface area contributed by atoms with Crippen LogP contribution in [0.2, 0.25) is 0 Å². The van der Waals surface area contributed by atoms with E-state index in [0.29, 0.717) is 11.5 Å². The van der Waals surface area contributed by atoms with Crippen molar-refractivity contribution in [3.05, 3.63) is 29.5 Å². The molecule has 1 aromatic heterocycles. The third kappa shape index (κ3) is 2.36. The van der Waals surface area contributed by atoms with Gasteiger partial charge in [-0.2, -0.15) is 10.4 Å². The Kier molecular flexibility index (Phi) is 3.33. The van der Waals surface area contributed by atoms with Crippen LogP contribution in [0.3, 0.4) is 0 Å². The Morgan fingerprint density at radius 2 is 2.14 bits per heavy atom. The summed E-state index contributed by atoms with van der Waals surface area (Å²) in [7, 11) is 0. The van der Waals surface area contributed by atoms with Gasteiger partial charge in [0.2, 0.25) is 0 Å². The van der Waals surface area contributed by atoms with E-state index in [4.69, 9.17) is 4.74 Å². The summed E-state index contributed by atoms with van der Waals surface area (Å²) in [5.41, 5.74) is 2.40. The molecule has 1 saturated carbocycles. The van der Waals surface area contributed by atoms with Gasteiger partial charge in [-0.05, 0) is 44.2 Å². The predicted octanol–water partition coefficient (Wildman–Crippen LogP) is 3.37. The second-order valence-corrected chi connectivity index (χ2v) is 5.99. The van der Waals surface area contributed by atoms with Gasteiger partial charge in [0.15, 0.2) is 6.23 Å². The fourth-order valence-corrected chi connectivity index (χ4v) is 2.90. The van der Waals surface area contributed by atoms with Crippen LogP contribution in [0.4, 0.5) is 0 Å². The maximum absolute atomic E-state index is 9.53. The molecule has 0 radical (unpaired) electrons. The van der Waals surface area contributed by atoms with E-state index in [1.54, 1.807) is 6.20 Å². The van der Waals surface area contributed by atoms with Gasteiger partial charge in [-0.25, -0.2) is 4.68 Å². The number of fused-ring (bicyclic) bond motifs is 1. The number of benzene rings is 1. The summed E-state index contributed by atoms with van der Waals surface area (Å²) >= 11 is 0. The summed E-state index contributed by atoms with van der Waals surface area (Å²) in [6.07, 6.45) is 7.38. The highest BCUT2D eigenvalue weighted by Gasteiger charge is 2.21. The Labute approximate surface area is 129 Å². The lowest BCUT2D eigenvalue weighted by molar-refractivity contribution is -0.0366. The number of nitrogens with zero attached hydrogens (tertiary/aromatic N) is 3. The maximum Gasteiger partial charge on any atom is 0.150 e. The molecule has 4 nitrogen and oxygen atoms in total. The molecule has 2 heterocycles. The zero-order chi connectivity index (χ0) is 14.9. The molecule has 2 fully saturated rings. The van der Waals surface area contributed by atoms with Crippen LogP contribution in [0.5, 0.6) is 0 Å². The molecule has 4 heteroatoms. The largest absolute Gasteiger partial charge is 0.356 e. The molecule has 0 spiro atoms. The molecule has 1 aromatic carbocycles. The van der Waals surface area contributed by atoms with Gasteiger partial charge in [0.25, 0.3) is 0 Å². The number of nitriles is 1. The minimum Gasteiger partial charge on any atom is -0.356 e. The van der Waals surface area contributed by atoms with E-state index in [9.17, 15) is 5.26 Å². The summed E-state index contributed by atoms with van der Waals surface area (Å²) in [6.45, 7) is 0.780. The van der Waals surface area contributed by atoms with E-state index < -0.39 is 0 Å². The number of rotatable bonds is 1. The number of hydrogen-bond acceptors (Lipinski definition) is 3. The van der Waals surface area contributed by atoms with Crippen LogP contribution >= 0.6 is 0 Å². The summed E-state index contributed by atoms with van der Waals surface area (Å²) in [4.78, 5) is 0. The predicted molar refractivity (Wildman–Crippen MR) is 82.9 cm³/mol. The molecule has 110 valence electrons. The minimum absolute atomic E-state index is 0.0128. The Bertz CT molecular complexity index is 808. The third-order valence-electron chi connectivity index (χ3n) is 4.31. The zero-order valence-corrected chi connectivity index (χ0v) is 12.4. The molecule has 2 aliphatic rings. The number of ether oxygens (including phenoxy) is 1. The molecule has 2 aromatic rings. The van der Waals surface area contributed by atoms with Gasteiger partial charge in [0.05, 0.1) is 17.3 Å². The van der Waals surface area contributed by atoms with E-state index in [1.807, 2.05) is 16.8 Å². The number of hydrogen-bond donors (Lipinski definition) is 0. The van der Waals surface area contributed by atoms with Crippen molar-refractivity contribution in [3.8, 4) is 17.9 Å². The standard InChI is InChI=1S/C18H17N3O/c19-11-15-14(7-6-13-4-5-13)8-9-17-16(15)12-20-21(17)18-3-1-2-10-22-18/h8-9,12-13,18H,1-5,10H2. The van der Waals surface area contributed by atoms with Crippen LogP contribution in [0, 0.1) is 29.1 Å². The minimum atomic E-state index is -0.0128. The summed E-state index contributed by atoms with van der Waals surface area (Å²) in [5.74, 6) is 6.92. The van der Waals surface area contributed by atoms with Crippen molar-refractivity contribution in [1.82, 2.24) is 9.78 Å². The third-order valence-corrected chi connectivity index (χ3v) is 4.31. The SMILES string of the molecule is N#Cc1c(C#CC2CC2)ccc2c1cnn2C1CCCCO1. The summed E-state index contributed by atoms with van der Waals surface area (Å²) in [6, 6.07) is 6.26. The second kappa shape index (κ2) is 5.48. The molecule has 0 bridgehead atoms. The van der Waals surface area contributed by atoms with Gasteiger partial charge in [0, 0.05) is 23.5 Å². The highest BCUT2D eigenvalue weighted by atomic mass is 16.5. The van der Waals surface area contributed by atoms with Gasteiger partial charge in [-0.15, -0.1) is 0 Å². The van der Waals surface area contributed by atoms with Gasteiger partial charge in [-0.1, -0.05) is 11.8 Å². The molecule has 1 atom stereocenters. The molecule has 1 unspecified atom stereocenters. The van der Waals surface area contributed by atoms with Crippen LogP contribution in [-0.4, -0.2) is 16.4 Å². The Morgan fingerprint density at radius 1 is 1.23 bits per heavy atom. The average molecular weight is 291 g/mol. The first-order valence-corrected chi connectivity index (χ1v) is 7.90. The fraction of sp³-hybridized carbons (Fsp3) is 0.444. The summed E-state index contributed by atoms with van der Waals surface area (Å²) in [5, 5.41) is 14.9. The van der Waals surface area contributed by atoms with E-state index in [1.165, 1.54) is 12.8 Å². The lowest BCUT2D eigenvalue weighted by Gasteiger charge is -2.23. The molecule has 0 amide bonds. The lowest BCUT2D eigenvalue weighted by Crippen LogP contribution is -2.18. The van der Waals surface area contributed by atoms with Crippen molar-refractivity contribution in [1.29, 1.82) is 5.26 Å². The molecule has 1 saturated heterocycles. The fourth-order valence-electron chi connectivity index (χ4n) is 2.90. The molecule has 1 aliphatic heterocycles. The van der Waals surface area contributed by atoms with Crippen LogP contribution in [0.25, 0.3) is 10.9 Å². The molecule has 0 N–H and O–H groups in total. The first-order valence-electron chi connectivity index (χ1n) is 7.90. The van der Waals surface area contributed by atoms with E-state index in [-0.39, 0.29) is 6.23 Å². The van der Waals surface area contributed by atoms with Crippen LogP contribution in [-0.2, 0) is 4.74 Å². The Morgan fingerprint density at radius 3 is 2.86 bits per heavy atom. The van der Waals surface area contributed by atoms with E-state index >= 15 is 0 Å². The quantitative estimate of drug-likeness (QED) is 0.757. The van der Waals surface area contributed by atoms with Crippen molar-refractivity contribution in [2.75, 3.05) is 6.61 Å². The van der Waals surface area contributed by atoms with Crippen molar-refractivity contribution in [3.63, 3.8) is 0 Å².